The predicted octanol–water partition coefficient (Wildman–Crippen LogP) is 3.40. The summed E-state index contributed by atoms with van der Waals surface area (Å²) in [5.41, 5.74) is 1.80. The molecule has 7 heteroatoms. The number of hydrogen-bond donors (Lipinski definition) is 3. The van der Waals surface area contributed by atoms with Crippen LogP contribution in [0.4, 0.5) is 5.69 Å². The fourth-order valence-corrected chi connectivity index (χ4v) is 2.32. The molecule has 6 nitrogen and oxygen atoms in total. The molecule has 27 heavy (non-hydrogen) atoms. The van der Waals surface area contributed by atoms with E-state index in [4.69, 9.17) is 4.74 Å². The molecule has 0 aromatic heterocycles. The Balaban J connectivity index is 0.00000364. The number of carbonyl (C=O) groups is 1. The molecule has 0 bridgehead atoms. The number of benzene rings is 2. The second kappa shape index (κ2) is 13.0. The summed E-state index contributed by atoms with van der Waals surface area (Å²) in [6, 6.07) is 17.4. The van der Waals surface area contributed by atoms with E-state index in [1.165, 1.54) is 6.92 Å². The van der Waals surface area contributed by atoms with Crippen molar-refractivity contribution in [3.63, 3.8) is 0 Å². The minimum absolute atomic E-state index is 0. The highest BCUT2D eigenvalue weighted by Gasteiger charge is 2.00. The first-order valence-corrected chi connectivity index (χ1v) is 8.74. The van der Waals surface area contributed by atoms with E-state index >= 15 is 0 Å². The van der Waals surface area contributed by atoms with Crippen LogP contribution >= 0.6 is 24.0 Å². The number of ether oxygens (including phenoxy) is 1. The maximum Gasteiger partial charge on any atom is 0.221 e. The molecule has 0 spiro atoms. The van der Waals surface area contributed by atoms with Gasteiger partial charge in [0.2, 0.25) is 5.91 Å². The number of nitrogens with one attached hydrogen (secondary N) is 3. The molecule has 0 saturated heterocycles. The Morgan fingerprint density at radius 3 is 2.56 bits per heavy atom. The molecule has 2 rings (SSSR count). The number of nitrogens with zero attached hydrogens (tertiary/aromatic N) is 1. The first-order valence-electron chi connectivity index (χ1n) is 8.74. The maximum atomic E-state index is 11.2. The van der Waals surface area contributed by atoms with Gasteiger partial charge in [0, 0.05) is 19.2 Å². The fourth-order valence-electron chi connectivity index (χ4n) is 2.32. The normalized spacial score (nSPS) is 10.5. The van der Waals surface area contributed by atoms with Crippen LogP contribution in [0.15, 0.2) is 59.6 Å². The molecule has 0 aliphatic heterocycles. The number of carbonyl (C=O) groups excluding carboxylic acids is 1. The van der Waals surface area contributed by atoms with Crippen molar-refractivity contribution in [2.75, 3.05) is 25.0 Å². The van der Waals surface area contributed by atoms with Gasteiger partial charge in [-0.25, -0.2) is 4.99 Å². The van der Waals surface area contributed by atoms with Gasteiger partial charge >= 0.3 is 0 Å². The molecule has 2 aromatic rings. The lowest BCUT2D eigenvalue weighted by Gasteiger charge is -2.12. The zero-order valence-electron chi connectivity index (χ0n) is 15.7. The monoisotopic (exact) mass is 482 g/mol. The van der Waals surface area contributed by atoms with Crippen molar-refractivity contribution in [1.82, 2.24) is 10.6 Å². The standard InChI is InChI=1S/C20H26N4O2.HI/c1-3-21-20(22-12-13-26-19-10-5-4-6-11-19)23-15-17-8-7-9-18(14-17)24-16(2)25;/h4-11,14H,3,12-13,15H2,1-2H3,(H,24,25)(H2,21,22,23);1H. The highest BCUT2D eigenvalue weighted by molar-refractivity contribution is 14.0. The van der Waals surface area contributed by atoms with E-state index < -0.39 is 0 Å². The molecule has 0 unspecified atom stereocenters. The summed E-state index contributed by atoms with van der Waals surface area (Å²) < 4.78 is 5.66. The van der Waals surface area contributed by atoms with Crippen molar-refractivity contribution < 1.29 is 9.53 Å². The van der Waals surface area contributed by atoms with Crippen molar-refractivity contribution >= 4 is 41.5 Å². The first kappa shape index (κ1) is 22.8. The minimum atomic E-state index is -0.0842. The molecule has 0 radical (unpaired) electrons. The van der Waals surface area contributed by atoms with E-state index in [1.807, 2.05) is 61.5 Å². The van der Waals surface area contributed by atoms with E-state index in [9.17, 15) is 4.79 Å². The van der Waals surface area contributed by atoms with Crippen LogP contribution in [0.25, 0.3) is 0 Å². The topological polar surface area (TPSA) is 74.8 Å². The number of rotatable bonds is 8. The van der Waals surface area contributed by atoms with E-state index in [0.29, 0.717) is 19.7 Å². The summed E-state index contributed by atoms with van der Waals surface area (Å²) in [6.07, 6.45) is 0. The number of para-hydroxylation sites is 1. The van der Waals surface area contributed by atoms with Crippen molar-refractivity contribution in [3.05, 3.63) is 60.2 Å². The van der Waals surface area contributed by atoms with Crippen LogP contribution in [0.1, 0.15) is 19.4 Å². The van der Waals surface area contributed by atoms with Crippen molar-refractivity contribution in [3.8, 4) is 5.75 Å². The Bertz CT molecular complexity index is 723. The SMILES string of the molecule is CCNC(=NCc1cccc(NC(C)=O)c1)NCCOc1ccccc1.I. The van der Waals surface area contributed by atoms with Gasteiger partial charge in [0.15, 0.2) is 5.96 Å². The van der Waals surface area contributed by atoms with Crippen molar-refractivity contribution in [2.24, 2.45) is 4.99 Å². The number of halogens is 1. The highest BCUT2D eigenvalue weighted by Crippen LogP contribution is 2.11. The molecule has 0 saturated carbocycles. The third-order valence-electron chi connectivity index (χ3n) is 3.42. The third-order valence-corrected chi connectivity index (χ3v) is 3.42. The summed E-state index contributed by atoms with van der Waals surface area (Å²) in [4.78, 5) is 15.7. The summed E-state index contributed by atoms with van der Waals surface area (Å²) in [5.74, 6) is 1.50. The van der Waals surface area contributed by atoms with Gasteiger partial charge in [-0.3, -0.25) is 4.79 Å². The highest BCUT2D eigenvalue weighted by atomic mass is 127. The van der Waals surface area contributed by atoms with E-state index in [2.05, 4.69) is 20.9 Å². The largest absolute Gasteiger partial charge is 0.492 e. The van der Waals surface area contributed by atoms with Crippen LogP contribution in [-0.4, -0.2) is 31.6 Å². The van der Waals surface area contributed by atoms with Crippen LogP contribution in [0, 0.1) is 0 Å². The molecular weight excluding hydrogens is 455 g/mol. The summed E-state index contributed by atoms with van der Waals surface area (Å²) in [7, 11) is 0. The Kier molecular flexibility index (Phi) is 10.9. The van der Waals surface area contributed by atoms with Crippen LogP contribution in [0.5, 0.6) is 5.75 Å². The van der Waals surface area contributed by atoms with Gasteiger partial charge in [0.25, 0.3) is 0 Å². The quantitative estimate of drug-likeness (QED) is 0.234. The maximum absolute atomic E-state index is 11.2. The number of guanidine groups is 1. The number of anilines is 1. The average Bonchev–Trinajstić information content (AvgIpc) is 2.64. The van der Waals surface area contributed by atoms with Gasteiger partial charge in [-0.2, -0.15) is 0 Å². The predicted molar refractivity (Wildman–Crippen MR) is 121 cm³/mol. The Morgan fingerprint density at radius 1 is 1.07 bits per heavy atom. The lowest BCUT2D eigenvalue weighted by molar-refractivity contribution is -0.114. The van der Waals surface area contributed by atoms with Crippen LogP contribution in [0.3, 0.4) is 0 Å². The summed E-state index contributed by atoms with van der Waals surface area (Å²) in [5, 5.41) is 9.24. The Morgan fingerprint density at radius 2 is 1.85 bits per heavy atom. The minimum Gasteiger partial charge on any atom is -0.492 e. The molecule has 0 atom stereocenters. The molecule has 146 valence electrons. The van der Waals surface area contributed by atoms with Crippen LogP contribution in [-0.2, 0) is 11.3 Å². The fraction of sp³-hybridized carbons (Fsp3) is 0.300. The van der Waals surface area contributed by atoms with Gasteiger partial charge in [0.1, 0.15) is 12.4 Å². The van der Waals surface area contributed by atoms with Gasteiger partial charge in [0.05, 0.1) is 13.1 Å². The lowest BCUT2D eigenvalue weighted by atomic mass is 10.2. The van der Waals surface area contributed by atoms with Gasteiger partial charge in [-0.15, -0.1) is 24.0 Å². The van der Waals surface area contributed by atoms with Gasteiger partial charge in [-0.1, -0.05) is 30.3 Å². The molecule has 3 N–H and O–H groups in total. The second-order valence-electron chi connectivity index (χ2n) is 5.67. The van der Waals surface area contributed by atoms with Gasteiger partial charge in [-0.05, 0) is 36.8 Å². The molecule has 0 aliphatic carbocycles. The van der Waals surface area contributed by atoms with E-state index in [1.54, 1.807) is 0 Å². The smallest absolute Gasteiger partial charge is 0.221 e. The molecule has 2 aromatic carbocycles. The Hall–Kier alpha value is -2.29. The molecule has 0 heterocycles. The van der Waals surface area contributed by atoms with Crippen LogP contribution < -0.4 is 20.7 Å². The van der Waals surface area contributed by atoms with E-state index in [-0.39, 0.29) is 29.9 Å². The molecule has 0 aliphatic rings. The Labute approximate surface area is 177 Å². The number of aliphatic imine (C=N–C) groups is 1. The lowest BCUT2D eigenvalue weighted by Crippen LogP contribution is -2.39. The average molecular weight is 482 g/mol. The molecule has 1 amide bonds. The molecular formula is C20H27IN4O2. The number of amides is 1. The molecule has 0 fully saturated rings. The van der Waals surface area contributed by atoms with Crippen molar-refractivity contribution in [1.29, 1.82) is 0 Å². The van der Waals surface area contributed by atoms with Crippen LogP contribution in [0.2, 0.25) is 0 Å². The first-order chi connectivity index (χ1) is 12.7. The van der Waals surface area contributed by atoms with Gasteiger partial charge < -0.3 is 20.7 Å². The zero-order valence-corrected chi connectivity index (χ0v) is 18.0. The second-order valence-corrected chi connectivity index (χ2v) is 5.67. The number of hydrogen-bond acceptors (Lipinski definition) is 3. The zero-order chi connectivity index (χ0) is 18.6. The van der Waals surface area contributed by atoms with E-state index in [0.717, 1.165) is 29.5 Å². The summed E-state index contributed by atoms with van der Waals surface area (Å²) in [6.45, 7) is 6.00. The third kappa shape index (κ3) is 9.28. The summed E-state index contributed by atoms with van der Waals surface area (Å²) >= 11 is 0. The van der Waals surface area contributed by atoms with Crippen molar-refractivity contribution in [2.45, 2.75) is 20.4 Å².